The number of rotatable bonds is 10. The maximum absolute atomic E-state index is 5.00. The zero-order valence-electron chi connectivity index (χ0n) is 12.5. The summed E-state index contributed by atoms with van der Waals surface area (Å²) in [6.45, 7) is 10.1. The zero-order valence-corrected chi connectivity index (χ0v) is 12.5. The van der Waals surface area contributed by atoms with Gasteiger partial charge in [0, 0.05) is 25.9 Å². The highest BCUT2D eigenvalue weighted by atomic mass is 16.5. The second-order valence-electron chi connectivity index (χ2n) is 4.74. The fourth-order valence-corrected chi connectivity index (χ4v) is 1.99. The predicted octanol–water partition coefficient (Wildman–Crippen LogP) is 1.84. The highest BCUT2D eigenvalue weighted by Crippen LogP contribution is 2.03. The topological polar surface area (TPSA) is 37.4 Å². The van der Waals surface area contributed by atoms with Crippen LogP contribution in [0.5, 0.6) is 0 Å². The van der Waals surface area contributed by atoms with Crippen LogP contribution in [0.15, 0.2) is 18.2 Å². The molecule has 0 atom stereocenters. The van der Waals surface area contributed by atoms with Crippen LogP contribution in [0, 0.1) is 6.92 Å². The number of hydrogen-bond acceptors (Lipinski definition) is 4. The Labute approximate surface area is 117 Å². The molecular weight excluding hydrogens is 238 g/mol. The summed E-state index contributed by atoms with van der Waals surface area (Å²) in [7, 11) is 1.73. The lowest BCUT2D eigenvalue weighted by molar-refractivity contribution is 0.198. The molecule has 0 saturated carbocycles. The fraction of sp³-hybridized carbons (Fsp3) is 0.667. The van der Waals surface area contributed by atoms with Crippen LogP contribution in [-0.4, -0.2) is 49.8 Å². The molecule has 1 N–H and O–H groups in total. The van der Waals surface area contributed by atoms with E-state index < -0.39 is 0 Å². The summed E-state index contributed by atoms with van der Waals surface area (Å²) in [4.78, 5) is 6.99. The zero-order chi connectivity index (χ0) is 13.9. The molecule has 0 aromatic carbocycles. The average Bonchev–Trinajstić information content (AvgIpc) is 2.41. The molecular formula is C15H27N3O. The molecule has 0 aliphatic heterocycles. The number of pyridine rings is 1. The van der Waals surface area contributed by atoms with Crippen LogP contribution in [0.3, 0.4) is 0 Å². The molecule has 0 aliphatic carbocycles. The van der Waals surface area contributed by atoms with Crippen LogP contribution in [-0.2, 0) is 11.3 Å². The summed E-state index contributed by atoms with van der Waals surface area (Å²) in [5.41, 5.74) is 2.25. The first-order chi connectivity index (χ1) is 9.26. The maximum Gasteiger partial charge on any atom is 0.0587 e. The standard InChI is InChI=1S/C15H27N3O/c1-4-18(11-6-9-16-10-12-19-3)13-15-8-5-7-14(2)17-15/h5,7-8,16H,4,6,9-13H2,1-3H3. The Morgan fingerprint density at radius 2 is 2.16 bits per heavy atom. The van der Waals surface area contributed by atoms with E-state index in [1.54, 1.807) is 7.11 Å². The molecule has 19 heavy (non-hydrogen) atoms. The Morgan fingerprint density at radius 1 is 1.32 bits per heavy atom. The average molecular weight is 265 g/mol. The molecule has 1 rings (SSSR count). The van der Waals surface area contributed by atoms with Gasteiger partial charge in [0.05, 0.1) is 12.3 Å². The van der Waals surface area contributed by atoms with Crippen LogP contribution < -0.4 is 5.32 Å². The van der Waals surface area contributed by atoms with Crippen molar-refractivity contribution >= 4 is 0 Å². The van der Waals surface area contributed by atoms with Gasteiger partial charge in [0.15, 0.2) is 0 Å². The summed E-state index contributed by atoms with van der Waals surface area (Å²) in [5, 5.41) is 3.37. The second-order valence-corrected chi connectivity index (χ2v) is 4.74. The number of aromatic nitrogens is 1. The molecule has 0 aliphatic rings. The predicted molar refractivity (Wildman–Crippen MR) is 79.3 cm³/mol. The van der Waals surface area contributed by atoms with Gasteiger partial charge in [-0.15, -0.1) is 0 Å². The first kappa shape index (κ1) is 16.1. The van der Waals surface area contributed by atoms with E-state index >= 15 is 0 Å². The van der Waals surface area contributed by atoms with Crippen molar-refractivity contribution in [2.24, 2.45) is 0 Å². The van der Waals surface area contributed by atoms with E-state index in [4.69, 9.17) is 4.74 Å². The van der Waals surface area contributed by atoms with Crippen molar-refractivity contribution in [3.05, 3.63) is 29.6 Å². The van der Waals surface area contributed by atoms with Crippen LogP contribution in [0.1, 0.15) is 24.7 Å². The molecule has 0 spiro atoms. The summed E-state index contributed by atoms with van der Waals surface area (Å²) >= 11 is 0. The first-order valence-corrected chi connectivity index (χ1v) is 7.10. The lowest BCUT2D eigenvalue weighted by atomic mass is 10.3. The Kier molecular flexibility index (Phi) is 8.38. The minimum absolute atomic E-state index is 0.782. The number of ether oxygens (including phenoxy) is 1. The van der Waals surface area contributed by atoms with E-state index in [2.05, 4.69) is 34.3 Å². The summed E-state index contributed by atoms with van der Waals surface area (Å²) in [6.07, 6.45) is 1.16. The number of nitrogens with zero attached hydrogens (tertiary/aromatic N) is 2. The molecule has 0 unspecified atom stereocenters. The van der Waals surface area contributed by atoms with E-state index in [0.29, 0.717) is 0 Å². The Morgan fingerprint density at radius 3 is 2.84 bits per heavy atom. The van der Waals surface area contributed by atoms with Gasteiger partial charge in [-0.3, -0.25) is 9.88 Å². The number of nitrogens with one attached hydrogen (secondary N) is 1. The lowest BCUT2D eigenvalue weighted by Gasteiger charge is -2.20. The highest BCUT2D eigenvalue weighted by Gasteiger charge is 2.04. The van der Waals surface area contributed by atoms with Crippen LogP contribution in [0.2, 0.25) is 0 Å². The van der Waals surface area contributed by atoms with Gasteiger partial charge in [-0.2, -0.15) is 0 Å². The first-order valence-electron chi connectivity index (χ1n) is 7.10. The van der Waals surface area contributed by atoms with Crippen LogP contribution in [0.25, 0.3) is 0 Å². The third-order valence-corrected chi connectivity index (χ3v) is 3.09. The van der Waals surface area contributed by atoms with Gasteiger partial charge >= 0.3 is 0 Å². The Balaban J connectivity index is 2.22. The van der Waals surface area contributed by atoms with E-state index in [1.165, 1.54) is 0 Å². The molecule has 0 saturated heterocycles. The lowest BCUT2D eigenvalue weighted by Crippen LogP contribution is -2.28. The van der Waals surface area contributed by atoms with E-state index in [0.717, 1.165) is 57.1 Å². The molecule has 108 valence electrons. The molecule has 0 fully saturated rings. The van der Waals surface area contributed by atoms with Crippen LogP contribution >= 0.6 is 0 Å². The minimum atomic E-state index is 0.782. The Hall–Kier alpha value is -0.970. The highest BCUT2D eigenvalue weighted by molar-refractivity contribution is 5.09. The number of aryl methyl sites for hydroxylation is 1. The summed E-state index contributed by atoms with van der Waals surface area (Å²) in [5.74, 6) is 0. The third-order valence-electron chi connectivity index (χ3n) is 3.09. The van der Waals surface area contributed by atoms with E-state index in [1.807, 2.05) is 13.0 Å². The van der Waals surface area contributed by atoms with Crippen molar-refractivity contribution in [2.75, 3.05) is 39.9 Å². The molecule has 0 amide bonds. The van der Waals surface area contributed by atoms with Gasteiger partial charge in [0.1, 0.15) is 0 Å². The van der Waals surface area contributed by atoms with Crippen LogP contribution in [0.4, 0.5) is 0 Å². The van der Waals surface area contributed by atoms with Gasteiger partial charge in [-0.25, -0.2) is 0 Å². The summed E-state index contributed by atoms with van der Waals surface area (Å²) in [6, 6.07) is 6.23. The van der Waals surface area contributed by atoms with Crippen molar-refractivity contribution in [3.63, 3.8) is 0 Å². The van der Waals surface area contributed by atoms with Crippen molar-refractivity contribution in [1.82, 2.24) is 15.2 Å². The molecule has 4 heteroatoms. The normalized spacial score (nSPS) is 11.2. The molecule has 4 nitrogen and oxygen atoms in total. The fourth-order valence-electron chi connectivity index (χ4n) is 1.99. The molecule has 1 heterocycles. The van der Waals surface area contributed by atoms with Gasteiger partial charge in [-0.1, -0.05) is 13.0 Å². The molecule has 0 radical (unpaired) electrons. The van der Waals surface area contributed by atoms with Gasteiger partial charge in [0.25, 0.3) is 0 Å². The van der Waals surface area contributed by atoms with Gasteiger partial charge in [-0.05, 0) is 45.1 Å². The summed E-state index contributed by atoms with van der Waals surface area (Å²) < 4.78 is 5.00. The van der Waals surface area contributed by atoms with E-state index in [9.17, 15) is 0 Å². The largest absolute Gasteiger partial charge is 0.383 e. The Bertz CT molecular complexity index is 344. The van der Waals surface area contributed by atoms with Crippen molar-refractivity contribution in [3.8, 4) is 0 Å². The molecule has 1 aromatic heterocycles. The van der Waals surface area contributed by atoms with E-state index in [-0.39, 0.29) is 0 Å². The maximum atomic E-state index is 5.00. The smallest absolute Gasteiger partial charge is 0.0587 e. The van der Waals surface area contributed by atoms with Gasteiger partial charge in [0.2, 0.25) is 0 Å². The second kappa shape index (κ2) is 9.89. The van der Waals surface area contributed by atoms with Crippen molar-refractivity contribution in [2.45, 2.75) is 26.8 Å². The third kappa shape index (κ3) is 7.25. The minimum Gasteiger partial charge on any atom is -0.383 e. The van der Waals surface area contributed by atoms with Crippen molar-refractivity contribution in [1.29, 1.82) is 0 Å². The number of hydrogen-bond donors (Lipinski definition) is 1. The number of methoxy groups -OCH3 is 1. The van der Waals surface area contributed by atoms with Crippen molar-refractivity contribution < 1.29 is 4.74 Å². The SMILES string of the molecule is CCN(CCCNCCOC)Cc1cccc(C)n1. The monoisotopic (exact) mass is 265 g/mol. The quantitative estimate of drug-likeness (QED) is 0.655. The molecule has 1 aromatic rings. The van der Waals surface area contributed by atoms with Gasteiger partial charge < -0.3 is 10.1 Å². The molecule has 0 bridgehead atoms.